The molecule has 1 atom stereocenters. The molecule has 122 valence electrons. The molecule has 23 heavy (non-hydrogen) atoms. The number of phenols is 1. The molecule has 1 aliphatic rings. The van der Waals surface area contributed by atoms with Gasteiger partial charge in [0.1, 0.15) is 17.1 Å². The van der Waals surface area contributed by atoms with Crippen molar-refractivity contribution in [2.45, 2.75) is 59.0 Å². The minimum atomic E-state index is -0.135. The van der Waals surface area contributed by atoms with Crippen molar-refractivity contribution in [2.75, 3.05) is 0 Å². The summed E-state index contributed by atoms with van der Waals surface area (Å²) in [6.07, 6.45) is 4.01. The van der Waals surface area contributed by atoms with E-state index in [-0.39, 0.29) is 5.60 Å². The van der Waals surface area contributed by atoms with Crippen molar-refractivity contribution in [3.8, 4) is 11.5 Å². The van der Waals surface area contributed by atoms with Crippen molar-refractivity contribution >= 4 is 0 Å². The van der Waals surface area contributed by atoms with Crippen LogP contribution < -0.4 is 4.74 Å². The molecule has 0 bridgehead atoms. The molecular formula is C21H26O2. The number of phenolic OH excluding ortho intramolecular Hbond substituents is 1. The average Bonchev–Trinajstić information content (AvgIpc) is 2.57. The molecule has 0 amide bonds. The Bertz CT molecular complexity index is 719. The fourth-order valence-electron chi connectivity index (χ4n) is 3.52. The van der Waals surface area contributed by atoms with E-state index in [0.717, 1.165) is 48.1 Å². The molecule has 0 aliphatic carbocycles. The van der Waals surface area contributed by atoms with Crippen LogP contribution in [0.5, 0.6) is 11.5 Å². The maximum atomic E-state index is 10.3. The lowest BCUT2D eigenvalue weighted by molar-refractivity contribution is 0.0552. The van der Waals surface area contributed by atoms with Gasteiger partial charge in [-0.05, 0) is 75.6 Å². The number of rotatable bonds is 3. The Morgan fingerprint density at radius 2 is 1.74 bits per heavy atom. The topological polar surface area (TPSA) is 29.5 Å². The van der Waals surface area contributed by atoms with Crippen LogP contribution in [0.2, 0.25) is 0 Å². The number of hydrogen-bond donors (Lipinski definition) is 1. The van der Waals surface area contributed by atoms with Crippen LogP contribution in [0.25, 0.3) is 0 Å². The van der Waals surface area contributed by atoms with Gasteiger partial charge in [-0.3, -0.25) is 0 Å². The Morgan fingerprint density at radius 3 is 2.43 bits per heavy atom. The minimum Gasteiger partial charge on any atom is -0.507 e. The van der Waals surface area contributed by atoms with Gasteiger partial charge in [0.25, 0.3) is 0 Å². The second-order valence-corrected chi connectivity index (χ2v) is 7.07. The highest BCUT2D eigenvalue weighted by atomic mass is 16.5. The maximum Gasteiger partial charge on any atom is 0.127 e. The minimum absolute atomic E-state index is 0.135. The first-order valence-electron chi connectivity index (χ1n) is 8.46. The Balaban J connectivity index is 1.84. The summed E-state index contributed by atoms with van der Waals surface area (Å²) in [6, 6.07) is 10.6. The highest BCUT2D eigenvalue weighted by Gasteiger charge is 2.34. The summed E-state index contributed by atoms with van der Waals surface area (Å²) in [5.41, 5.74) is 5.40. The highest BCUT2D eigenvalue weighted by Crippen LogP contribution is 2.44. The van der Waals surface area contributed by atoms with Gasteiger partial charge in [0.15, 0.2) is 0 Å². The van der Waals surface area contributed by atoms with Gasteiger partial charge in [-0.15, -0.1) is 0 Å². The molecule has 1 unspecified atom stereocenters. The van der Waals surface area contributed by atoms with Gasteiger partial charge < -0.3 is 9.84 Å². The van der Waals surface area contributed by atoms with E-state index in [0.29, 0.717) is 5.75 Å². The number of aryl methyl sites for hydroxylation is 1. The van der Waals surface area contributed by atoms with Crippen LogP contribution in [0.1, 0.15) is 47.6 Å². The fraction of sp³-hybridized carbons (Fsp3) is 0.429. The molecular weight excluding hydrogens is 284 g/mol. The van der Waals surface area contributed by atoms with E-state index in [1.165, 1.54) is 11.1 Å². The van der Waals surface area contributed by atoms with Crippen LogP contribution in [-0.4, -0.2) is 10.7 Å². The van der Waals surface area contributed by atoms with Crippen LogP contribution in [0.15, 0.2) is 30.3 Å². The highest BCUT2D eigenvalue weighted by molar-refractivity contribution is 5.58. The molecule has 2 aromatic carbocycles. The lowest BCUT2D eigenvalue weighted by atomic mass is 9.84. The standard InChI is InChI=1S/C21H26O2/c1-14-15(2)20-18(16(3)19(14)22)11-13-21(4,23-20)12-10-17-8-6-5-7-9-17/h5-9,22H,10-13H2,1-4H3. The molecule has 0 aromatic heterocycles. The van der Waals surface area contributed by atoms with E-state index in [1.54, 1.807) is 0 Å². The van der Waals surface area contributed by atoms with Crippen LogP contribution in [0, 0.1) is 20.8 Å². The zero-order chi connectivity index (χ0) is 16.6. The largest absolute Gasteiger partial charge is 0.507 e. The lowest BCUT2D eigenvalue weighted by Crippen LogP contribution is -2.37. The third-order valence-electron chi connectivity index (χ3n) is 5.38. The van der Waals surface area contributed by atoms with Crippen LogP contribution in [-0.2, 0) is 12.8 Å². The summed E-state index contributed by atoms with van der Waals surface area (Å²) >= 11 is 0. The van der Waals surface area contributed by atoms with E-state index in [2.05, 4.69) is 44.2 Å². The molecule has 2 aromatic rings. The Morgan fingerprint density at radius 1 is 1.04 bits per heavy atom. The molecule has 0 radical (unpaired) electrons. The number of ether oxygens (including phenoxy) is 1. The first kappa shape index (κ1) is 15.9. The molecule has 0 spiro atoms. The van der Waals surface area contributed by atoms with Crippen molar-refractivity contribution in [3.63, 3.8) is 0 Å². The van der Waals surface area contributed by atoms with Crippen molar-refractivity contribution < 1.29 is 9.84 Å². The number of hydrogen-bond acceptors (Lipinski definition) is 2. The van der Waals surface area contributed by atoms with Crippen molar-refractivity contribution in [1.29, 1.82) is 0 Å². The predicted octanol–water partition coefficient (Wildman–Crippen LogP) is 5.03. The van der Waals surface area contributed by atoms with Crippen molar-refractivity contribution in [2.24, 2.45) is 0 Å². The third kappa shape index (κ3) is 2.95. The number of aromatic hydroxyl groups is 1. The van der Waals surface area contributed by atoms with Gasteiger partial charge in [0.05, 0.1) is 0 Å². The van der Waals surface area contributed by atoms with E-state index < -0.39 is 0 Å². The molecule has 0 fully saturated rings. The van der Waals surface area contributed by atoms with Gasteiger partial charge in [-0.2, -0.15) is 0 Å². The zero-order valence-corrected chi connectivity index (χ0v) is 14.6. The first-order valence-corrected chi connectivity index (χ1v) is 8.46. The summed E-state index contributed by atoms with van der Waals surface area (Å²) < 4.78 is 6.48. The van der Waals surface area contributed by atoms with E-state index in [1.807, 2.05) is 13.8 Å². The van der Waals surface area contributed by atoms with E-state index in [9.17, 15) is 5.11 Å². The SMILES string of the molecule is Cc1c(C)c2c(c(C)c1O)CCC(C)(CCc1ccccc1)O2. The fourth-order valence-corrected chi connectivity index (χ4v) is 3.52. The van der Waals surface area contributed by atoms with Gasteiger partial charge in [-0.1, -0.05) is 30.3 Å². The first-order chi connectivity index (χ1) is 10.9. The number of benzene rings is 2. The van der Waals surface area contributed by atoms with Gasteiger partial charge >= 0.3 is 0 Å². The van der Waals surface area contributed by atoms with Gasteiger partial charge in [0.2, 0.25) is 0 Å². The molecule has 0 saturated heterocycles. The van der Waals surface area contributed by atoms with Crippen LogP contribution in [0.4, 0.5) is 0 Å². The second-order valence-electron chi connectivity index (χ2n) is 7.07. The predicted molar refractivity (Wildman–Crippen MR) is 94.4 cm³/mol. The van der Waals surface area contributed by atoms with Crippen LogP contribution >= 0.6 is 0 Å². The van der Waals surface area contributed by atoms with Crippen molar-refractivity contribution in [1.82, 2.24) is 0 Å². The van der Waals surface area contributed by atoms with Crippen LogP contribution in [0.3, 0.4) is 0 Å². The van der Waals surface area contributed by atoms with E-state index >= 15 is 0 Å². The quantitative estimate of drug-likeness (QED) is 0.861. The molecule has 3 rings (SSSR count). The van der Waals surface area contributed by atoms with Gasteiger partial charge in [0, 0.05) is 5.56 Å². The molecule has 2 nitrogen and oxygen atoms in total. The Kier molecular flexibility index (Phi) is 4.09. The Hall–Kier alpha value is -1.96. The average molecular weight is 310 g/mol. The normalized spacial score (nSPS) is 20.0. The van der Waals surface area contributed by atoms with E-state index in [4.69, 9.17) is 4.74 Å². The second kappa shape index (κ2) is 5.92. The monoisotopic (exact) mass is 310 g/mol. The summed E-state index contributed by atoms with van der Waals surface area (Å²) in [5, 5.41) is 10.3. The maximum absolute atomic E-state index is 10.3. The third-order valence-corrected chi connectivity index (χ3v) is 5.38. The summed E-state index contributed by atoms with van der Waals surface area (Å²) in [7, 11) is 0. The molecule has 1 heterocycles. The number of fused-ring (bicyclic) bond motifs is 1. The van der Waals surface area contributed by atoms with Crippen molar-refractivity contribution in [3.05, 3.63) is 58.1 Å². The summed E-state index contributed by atoms with van der Waals surface area (Å²) in [4.78, 5) is 0. The zero-order valence-electron chi connectivity index (χ0n) is 14.6. The lowest BCUT2D eigenvalue weighted by Gasteiger charge is -2.38. The molecule has 2 heteroatoms. The summed E-state index contributed by atoms with van der Waals surface area (Å²) in [6.45, 7) is 8.24. The molecule has 1 N–H and O–H groups in total. The summed E-state index contributed by atoms with van der Waals surface area (Å²) in [5.74, 6) is 1.43. The van der Waals surface area contributed by atoms with Gasteiger partial charge in [-0.25, -0.2) is 0 Å². The smallest absolute Gasteiger partial charge is 0.127 e. The molecule has 0 saturated carbocycles. The molecule has 1 aliphatic heterocycles. The Labute approximate surface area is 139 Å².